The highest BCUT2D eigenvalue weighted by Crippen LogP contribution is 2.24. The molecule has 1 heterocycles. The number of nitrogens with one attached hydrogen (secondary N) is 1. The Morgan fingerprint density at radius 1 is 0.943 bits per heavy atom. The second kappa shape index (κ2) is 11.8. The molecule has 0 bridgehead atoms. The van der Waals surface area contributed by atoms with E-state index in [-0.39, 0.29) is 5.97 Å². The Balaban J connectivity index is 1.69. The summed E-state index contributed by atoms with van der Waals surface area (Å²) in [6, 6.07) is 27.0. The van der Waals surface area contributed by atoms with Gasteiger partial charge in [0.1, 0.15) is 17.6 Å². The normalized spacial score (nSPS) is 11.5. The molecule has 0 aliphatic heterocycles. The number of anilines is 1. The molecule has 6 nitrogen and oxygen atoms in total. The Morgan fingerprint density at radius 2 is 1.63 bits per heavy atom. The van der Waals surface area contributed by atoms with Crippen molar-refractivity contribution in [2.45, 2.75) is 25.8 Å². The zero-order valence-corrected chi connectivity index (χ0v) is 20.0. The minimum absolute atomic E-state index is 0.290. The summed E-state index contributed by atoms with van der Waals surface area (Å²) < 4.78 is 10.9. The highest BCUT2D eigenvalue weighted by atomic mass is 16.5. The van der Waals surface area contributed by atoms with Gasteiger partial charge in [0.15, 0.2) is 0 Å². The third-order valence-corrected chi connectivity index (χ3v) is 5.63. The van der Waals surface area contributed by atoms with Gasteiger partial charge in [-0.05, 0) is 24.1 Å². The van der Waals surface area contributed by atoms with Crippen LogP contribution < -0.4 is 10.1 Å². The zero-order valence-electron chi connectivity index (χ0n) is 20.0. The predicted molar refractivity (Wildman–Crippen MR) is 137 cm³/mol. The fourth-order valence-corrected chi connectivity index (χ4v) is 3.90. The number of hydrogen-bond acceptors (Lipinski definition) is 6. The summed E-state index contributed by atoms with van der Waals surface area (Å²) in [5.41, 5.74) is 4.52. The van der Waals surface area contributed by atoms with E-state index in [0.717, 1.165) is 33.8 Å². The van der Waals surface area contributed by atoms with E-state index in [1.807, 2.05) is 72.8 Å². The maximum atomic E-state index is 12.9. The molecule has 1 unspecified atom stereocenters. The Kier molecular flexibility index (Phi) is 8.07. The second-order valence-corrected chi connectivity index (χ2v) is 8.04. The van der Waals surface area contributed by atoms with Crippen LogP contribution in [0.5, 0.6) is 5.75 Å². The molecule has 4 rings (SSSR count). The number of aromatic nitrogens is 2. The first-order chi connectivity index (χ1) is 17.2. The van der Waals surface area contributed by atoms with Crippen molar-refractivity contribution in [1.29, 1.82) is 0 Å². The lowest BCUT2D eigenvalue weighted by atomic mass is 10.0. The molecule has 0 fully saturated rings. The number of hydrogen-bond donors (Lipinski definition) is 1. The van der Waals surface area contributed by atoms with E-state index in [1.165, 1.54) is 0 Å². The molecule has 6 heteroatoms. The summed E-state index contributed by atoms with van der Waals surface area (Å²) >= 11 is 0. The number of nitrogens with zero attached hydrogens (tertiary/aromatic N) is 2. The van der Waals surface area contributed by atoms with Gasteiger partial charge in [0.05, 0.1) is 31.3 Å². The molecule has 0 radical (unpaired) electrons. The molecule has 0 aliphatic rings. The number of ether oxygens (including phenoxy) is 2. The number of rotatable bonds is 10. The smallest absolute Gasteiger partial charge is 0.328 e. The summed E-state index contributed by atoms with van der Waals surface area (Å²) in [5.74, 6) is 0.929. The van der Waals surface area contributed by atoms with E-state index in [4.69, 9.17) is 19.4 Å². The van der Waals surface area contributed by atoms with E-state index in [2.05, 4.69) is 17.4 Å². The summed E-state index contributed by atoms with van der Waals surface area (Å²) in [5, 5.41) is 3.33. The highest BCUT2D eigenvalue weighted by molar-refractivity contribution is 5.80. The van der Waals surface area contributed by atoms with Crippen LogP contribution in [-0.4, -0.2) is 35.7 Å². The average Bonchev–Trinajstić information content (AvgIpc) is 2.90. The van der Waals surface area contributed by atoms with E-state index in [1.54, 1.807) is 20.2 Å². The van der Waals surface area contributed by atoms with Crippen molar-refractivity contribution in [3.8, 4) is 17.0 Å². The molecule has 4 aromatic rings. The summed E-state index contributed by atoms with van der Waals surface area (Å²) in [6.45, 7) is 2.09. The minimum atomic E-state index is -0.655. The van der Waals surface area contributed by atoms with Crippen molar-refractivity contribution in [3.05, 3.63) is 108 Å². The van der Waals surface area contributed by atoms with E-state index in [0.29, 0.717) is 25.3 Å². The standard InChI is InChI=1S/C29H29N3O3/c1-3-35-29(33)25(19-23-16-10-11-17-27(23)34-2)32-28-24(18-21-12-6-4-7-13-21)31-26(20-30-28)22-14-8-5-9-15-22/h4-17,20,25H,3,18-19H2,1-2H3,(H,30,32). The van der Waals surface area contributed by atoms with Gasteiger partial charge in [-0.1, -0.05) is 78.9 Å². The van der Waals surface area contributed by atoms with Crippen molar-refractivity contribution in [2.75, 3.05) is 19.0 Å². The van der Waals surface area contributed by atoms with Gasteiger partial charge in [-0.15, -0.1) is 0 Å². The van der Waals surface area contributed by atoms with Crippen LogP contribution in [0, 0.1) is 0 Å². The number of carbonyl (C=O) groups is 1. The van der Waals surface area contributed by atoms with Crippen LogP contribution in [-0.2, 0) is 22.4 Å². The molecule has 0 spiro atoms. The monoisotopic (exact) mass is 467 g/mol. The summed E-state index contributed by atoms with van der Waals surface area (Å²) in [4.78, 5) is 22.6. The fourth-order valence-electron chi connectivity index (χ4n) is 3.90. The maximum Gasteiger partial charge on any atom is 0.328 e. The minimum Gasteiger partial charge on any atom is -0.496 e. The topological polar surface area (TPSA) is 73.3 Å². The van der Waals surface area contributed by atoms with Gasteiger partial charge in [-0.3, -0.25) is 0 Å². The lowest BCUT2D eigenvalue weighted by Gasteiger charge is -2.21. The Morgan fingerprint density at radius 3 is 2.34 bits per heavy atom. The fraction of sp³-hybridized carbons (Fsp3) is 0.207. The molecular weight excluding hydrogens is 438 g/mol. The van der Waals surface area contributed by atoms with Crippen LogP contribution >= 0.6 is 0 Å². The third-order valence-electron chi connectivity index (χ3n) is 5.63. The van der Waals surface area contributed by atoms with Crippen LogP contribution in [0.25, 0.3) is 11.3 Å². The molecule has 0 saturated carbocycles. The molecule has 0 amide bonds. The van der Waals surface area contributed by atoms with Crippen LogP contribution in [0.1, 0.15) is 23.7 Å². The summed E-state index contributed by atoms with van der Waals surface area (Å²) in [6.07, 6.45) is 2.69. The van der Waals surface area contributed by atoms with Crippen molar-refractivity contribution in [1.82, 2.24) is 9.97 Å². The van der Waals surface area contributed by atoms with Gasteiger partial charge in [-0.2, -0.15) is 0 Å². The maximum absolute atomic E-state index is 12.9. The van der Waals surface area contributed by atoms with Gasteiger partial charge >= 0.3 is 5.97 Å². The molecule has 1 atom stereocenters. The first-order valence-electron chi connectivity index (χ1n) is 11.7. The van der Waals surface area contributed by atoms with Gasteiger partial charge in [0, 0.05) is 18.4 Å². The van der Waals surface area contributed by atoms with Crippen LogP contribution in [0.15, 0.2) is 91.1 Å². The molecular formula is C29H29N3O3. The molecule has 35 heavy (non-hydrogen) atoms. The lowest BCUT2D eigenvalue weighted by molar-refractivity contribution is -0.144. The number of methoxy groups -OCH3 is 1. The average molecular weight is 468 g/mol. The van der Waals surface area contributed by atoms with Gasteiger partial charge < -0.3 is 14.8 Å². The SMILES string of the molecule is CCOC(=O)C(Cc1ccccc1OC)Nc1ncc(-c2ccccc2)nc1Cc1ccccc1. The van der Waals surface area contributed by atoms with Gasteiger partial charge in [0.25, 0.3) is 0 Å². The molecule has 1 N–H and O–H groups in total. The van der Waals surface area contributed by atoms with Gasteiger partial charge in [0.2, 0.25) is 0 Å². The highest BCUT2D eigenvalue weighted by Gasteiger charge is 2.24. The second-order valence-electron chi connectivity index (χ2n) is 8.04. The molecule has 3 aromatic carbocycles. The molecule has 178 valence electrons. The third kappa shape index (κ3) is 6.23. The number of carbonyl (C=O) groups excluding carboxylic acids is 1. The number of para-hydroxylation sites is 1. The van der Waals surface area contributed by atoms with Crippen molar-refractivity contribution >= 4 is 11.8 Å². The zero-order chi connectivity index (χ0) is 24.5. The molecule has 0 aliphatic carbocycles. The Hall–Kier alpha value is -4.19. The largest absolute Gasteiger partial charge is 0.496 e. The number of esters is 1. The van der Waals surface area contributed by atoms with E-state index >= 15 is 0 Å². The van der Waals surface area contributed by atoms with Crippen LogP contribution in [0.3, 0.4) is 0 Å². The Labute approximate surface area is 206 Å². The van der Waals surface area contributed by atoms with Crippen LogP contribution in [0.2, 0.25) is 0 Å². The molecule has 0 saturated heterocycles. The lowest BCUT2D eigenvalue weighted by Crippen LogP contribution is -2.34. The predicted octanol–water partition coefficient (Wildman–Crippen LogP) is 5.33. The van der Waals surface area contributed by atoms with Gasteiger partial charge in [-0.25, -0.2) is 14.8 Å². The Bertz CT molecular complexity index is 1250. The van der Waals surface area contributed by atoms with Crippen molar-refractivity contribution in [2.24, 2.45) is 0 Å². The van der Waals surface area contributed by atoms with Crippen molar-refractivity contribution in [3.63, 3.8) is 0 Å². The summed E-state index contributed by atoms with van der Waals surface area (Å²) in [7, 11) is 1.62. The van der Waals surface area contributed by atoms with Crippen molar-refractivity contribution < 1.29 is 14.3 Å². The quantitative estimate of drug-likeness (QED) is 0.318. The van der Waals surface area contributed by atoms with Crippen LogP contribution in [0.4, 0.5) is 5.82 Å². The van der Waals surface area contributed by atoms with E-state index in [9.17, 15) is 4.79 Å². The first-order valence-corrected chi connectivity index (χ1v) is 11.7. The first kappa shape index (κ1) is 24.0. The van der Waals surface area contributed by atoms with E-state index < -0.39 is 6.04 Å². The number of benzene rings is 3. The molecule has 1 aromatic heterocycles.